The SMILES string of the molecule is O=C1[C]=NC=CC1=O. The van der Waals surface area contributed by atoms with Crippen molar-refractivity contribution in [1.82, 2.24) is 0 Å². The zero-order valence-electron chi connectivity index (χ0n) is 3.92. The van der Waals surface area contributed by atoms with Crippen molar-refractivity contribution in [3.8, 4) is 0 Å². The van der Waals surface area contributed by atoms with Crippen LogP contribution in [0, 0.1) is 0 Å². The van der Waals surface area contributed by atoms with Crippen molar-refractivity contribution in [2.24, 2.45) is 4.99 Å². The maximum absolute atomic E-state index is 10.2. The number of ketones is 2. The molecular weight excluding hydrogens is 106 g/mol. The molecule has 0 aromatic heterocycles. The maximum atomic E-state index is 10.2. The van der Waals surface area contributed by atoms with E-state index in [1.807, 2.05) is 6.21 Å². The van der Waals surface area contributed by atoms with Crippen LogP contribution in [0.5, 0.6) is 0 Å². The number of allylic oxidation sites excluding steroid dienone is 1. The van der Waals surface area contributed by atoms with Crippen LogP contribution in [0.15, 0.2) is 17.3 Å². The average Bonchev–Trinajstić information content (AvgIpc) is 1.77. The van der Waals surface area contributed by atoms with Gasteiger partial charge < -0.3 is 0 Å². The van der Waals surface area contributed by atoms with Crippen LogP contribution in [0.25, 0.3) is 0 Å². The maximum Gasteiger partial charge on any atom is 0.253 e. The van der Waals surface area contributed by atoms with Crippen molar-refractivity contribution < 1.29 is 9.59 Å². The highest BCUT2D eigenvalue weighted by Crippen LogP contribution is 1.85. The molecule has 8 heavy (non-hydrogen) atoms. The third-order valence-electron chi connectivity index (χ3n) is 0.690. The minimum atomic E-state index is -0.674. The summed E-state index contributed by atoms with van der Waals surface area (Å²) in [5.74, 6) is -1.23. The van der Waals surface area contributed by atoms with Crippen molar-refractivity contribution in [3.63, 3.8) is 0 Å². The van der Waals surface area contributed by atoms with Crippen molar-refractivity contribution >= 4 is 17.8 Å². The molecule has 0 fully saturated rings. The van der Waals surface area contributed by atoms with Crippen LogP contribution < -0.4 is 0 Å². The zero-order chi connectivity index (χ0) is 5.98. The second-order valence-electron chi connectivity index (χ2n) is 1.25. The Morgan fingerprint density at radius 2 is 2.25 bits per heavy atom. The van der Waals surface area contributed by atoms with Gasteiger partial charge in [-0.1, -0.05) is 0 Å². The van der Waals surface area contributed by atoms with Gasteiger partial charge in [0.25, 0.3) is 5.78 Å². The molecule has 3 heteroatoms. The van der Waals surface area contributed by atoms with E-state index in [0.717, 1.165) is 6.08 Å². The number of nitrogens with zero attached hydrogens (tertiary/aromatic N) is 1. The van der Waals surface area contributed by atoms with Crippen LogP contribution in [0.1, 0.15) is 0 Å². The van der Waals surface area contributed by atoms with Gasteiger partial charge in [-0.05, 0) is 0 Å². The van der Waals surface area contributed by atoms with Crippen LogP contribution in [-0.2, 0) is 9.59 Å². The third kappa shape index (κ3) is 0.703. The number of hydrogen-bond donors (Lipinski definition) is 0. The smallest absolute Gasteiger partial charge is 0.253 e. The summed E-state index contributed by atoms with van der Waals surface area (Å²) in [7, 11) is 0. The van der Waals surface area contributed by atoms with Crippen molar-refractivity contribution in [2.45, 2.75) is 0 Å². The number of Topliss-reactive ketones (excluding diaryl/α,β-unsaturated/α-hetero) is 1. The summed E-state index contributed by atoms with van der Waals surface area (Å²) in [6.45, 7) is 0. The predicted molar refractivity (Wildman–Crippen MR) is 26.6 cm³/mol. The molecule has 1 radical (unpaired) electrons. The first-order valence-electron chi connectivity index (χ1n) is 2.01. The summed E-state index contributed by atoms with van der Waals surface area (Å²) in [6.07, 6.45) is 4.33. The van der Waals surface area contributed by atoms with Gasteiger partial charge in [0.2, 0.25) is 5.78 Å². The van der Waals surface area contributed by atoms with Gasteiger partial charge in [-0.25, -0.2) is 0 Å². The van der Waals surface area contributed by atoms with Gasteiger partial charge in [-0.15, -0.1) is 0 Å². The molecule has 0 aromatic rings. The van der Waals surface area contributed by atoms with Crippen molar-refractivity contribution in [2.75, 3.05) is 0 Å². The molecular formula is C5H2NO2. The molecule has 0 amide bonds. The molecule has 0 atom stereocenters. The zero-order valence-corrected chi connectivity index (χ0v) is 3.92. The van der Waals surface area contributed by atoms with Gasteiger partial charge >= 0.3 is 0 Å². The molecule has 1 heterocycles. The molecule has 0 N–H and O–H groups in total. The van der Waals surface area contributed by atoms with E-state index in [-0.39, 0.29) is 0 Å². The van der Waals surface area contributed by atoms with E-state index in [1.54, 1.807) is 0 Å². The Morgan fingerprint density at radius 3 is 2.62 bits per heavy atom. The summed E-state index contributed by atoms with van der Waals surface area (Å²) < 4.78 is 0. The third-order valence-corrected chi connectivity index (χ3v) is 0.690. The summed E-state index contributed by atoms with van der Waals surface area (Å²) >= 11 is 0. The van der Waals surface area contributed by atoms with Gasteiger partial charge in [0, 0.05) is 12.3 Å². The number of carbonyl (C=O) groups excluding carboxylic acids is 2. The Bertz CT molecular complexity index is 169. The lowest BCUT2D eigenvalue weighted by atomic mass is 10.2. The van der Waals surface area contributed by atoms with E-state index in [1.165, 1.54) is 6.20 Å². The lowest BCUT2D eigenvalue weighted by Gasteiger charge is -1.86. The second-order valence-corrected chi connectivity index (χ2v) is 1.25. The van der Waals surface area contributed by atoms with Gasteiger partial charge in [-0.3, -0.25) is 14.6 Å². The van der Waals surface area contributed by atoms with Crippen LogP contribution >= 0.6 is 0 Å². The molecule has 0 spiro atoms. The lowest BCUT2D eigenvalue weighted by molar-refractivity contribution is -0.129. The molecule has 0 saturated carbocycles. The van der Waals surface area contributed by atoms with E-state index in [2.05, 4.69) is 4.99 Å². The molecule has 1 aliphatic heterocycles. The molecule has 1 aliphatic rings. The largest absolute Gasteiger partial charge is 0.285 e. The topological polar surface area (TPSA) is 46.5 Å². The van der Waals surface area contributed by atoms with E-state index >= 15 is 0 Å². The van der Waals surface area contributed by atoms with Crippen LogP contribution in [0.2, 0.25) is 0 Å². The van der Waals surface area contributed by atoms with Crippen molar-refractivity contribution in [3.05, 3.63) is 12.3 Å². The van der Waals surface area contributed by atoms with Crippen LogP contribution in [0.4, 0.5) is 0 Å². The minimum absolute atomic E-state index is 0.556. The Kier molecular flexibility index (Phi) is 1.04. The molecule has 0 aliphatic carbocycles. The van der Waals surface area contributed by atoms with Crippen LogP contribution in [-0.4, -0.2) is 17.8 Å². The molecule has 39 valence electrons. The fourth-order valence-corrected chi connectivity index (χ4v) is 0.332. The molecule has 0 aromatic carbocycles. The highest BCUT2D eigenvalue weighted by molar-refractivity contribution is 6.62. The van der Waals surface area contributed by atoms with E-state index in [4.69, 9.17) is 0 Å². The Morgan fingerprint density at radius 1 is 1.50 bits per heavy atom. The van der Waals surface area contributed by atoms with Gasteiger partial charge in [0.15, 0.2) is 0 Å². The first-order valence-corrected chi connectivity index (χ1v) is 2.01. The lowest BCUT2D eigenvalue weighted by Crippen LogP contribution is -2.13. The second kappa shape index (κ2) is 1.69. The fraction of sp³-hybridized carbons (Fsp3) is 0. The molecule has 3 nitrogen and oxygen atoms in total. The summed E-state index contributed by atoms with van der Waals surface area (Å²) in [4.78, 5) is 23.7. The van der Waals surface area contributed by atoms with Crippen molar-refractivity contribution in [1.29, 1.82) is 0 Å². The Labute approximate surface area is 45.7 Å². The van der Waals surface area contributed by atoms with Crippen LogP contribution in [0.3, 0.4) is 0 Å². The monoisotopic (exact) mass is 108 g/mol. The van der Waals surface area contributed by atoms with E-state index in [0.29, 0.717) is 0 Å². The Balaban J connectivity index is 2.89. The fourth-order valence-electron chi connectivity index (χ4n) is 0.332. The standard InChI is InChI=1S/C5H2NO2/c7-4-1-2-6-3-5(4)8/h1-2H. The van der Waals surface area contributed by atoms with E-state index < -0.39 is 11.6 Å². The number of aliphatic imine (C=N–C) groups is 1. The quantitative estimate of drug-likeness (QED) is 0.396. The molecule has 0 saturated heterocycles. The van der Waals surface area contributed by atoms with Gasteiger partial charge in [-0.2, -0.15) is 0 Å². The minimum Gasteiger partial charge on any atom is -0.285 e. The van der Waals surface area contributed by atoms with Gasteiger partial charge in [0.1, 0.15) is 6.21 Å². The molecule has 0 bridgehead atoms. The first kappa shape index (κ1) is 4.90. The summed E-state index contributed by atoms with van der Waals surface area (Å²) in [5.41, 5.74) is 0. The molecule has 0 unspecified atom stereocenters. The Hall–Kier alpha value is -1.25. The highest BCUT2D eigenvalue weighted by Gasteiger charge is 2.09. The number of hydrogen-bond acceptors (Lipinski definition) is 3. The van der Waals surface area contributed by atoms with Gasteiger partial charge in [0.05, 0.1) is 0 Å². The average molecular weight is 108 g/mol. The number of carbonyl (C=O) groups is 2. The normalized spacial score (nSPS) is 17.5. The first-order chi connectivity index (χ1) is 3.80. The summed E-state index contributed by atoms with van der Waals surface area (Å²) in [5, 5.41) is 0. The summed E-state index contributed by atoms with van der Waals surface area (Å²) in [6, 6.07) is 0. The molecule has 1 rings (SSSR count). The number of rotatable bonds is 0. The highest BCUT2D eigenvalue weighted by atomic mass is 16.2. The predicted octanol–water partition coefficient (Wildman–Crippen LogP) is -0.400. The van der Waals surface area contributed by atoms with E-state index in [9.17, 15) is 9.59 Å².